The van der Waals surface area contributed by atoms with Gasteiger partial charge in [-0.2, -0.15) is 0 Å². The summed E-state index contributed by atoms with van der Waals surface area (Å²) >= 11 is 0. The average Bonchev–Trinajstić information content (AvgIpc) is 1.61. The quantitative estimate of drug-likeness (QED) is 0.305. The molecule has 0 aliphatic rings. The van der Waals surface area contributed by atoms with Gasteiger partial charge in [0.15, 0.2) is 6.34 Å². The predicted molar refractivity (Wildman–Crippen MR) is 30.6 cm³/mol. The van der Waals surface area contributed by atoms with Crippen LogP contribution in [0.2, 0.25) is 0 Å². The van der Waals surface area contributed by atoms with Crippen molar-refractivity contribution in [3.63, 3.8) is 0 Å². The van der Waals surface area contributed by atoms with Crippen molar-refractivity contribution in [3.8, 4) is 0 Å². The van der Waals surface area contributed by atoms with E-state index in [4.69, 9.17) is 5.41 Å². The van der Waals surface area contributed by atoms with Gasteiger partial charge in [0.05, 0.1) is 0 Å². The molecule has 0 aliphatic carbocycles. The highest BCUT2D eigenvalue weighted by Gasteiger charge is 1.86. The third-order valence-electron chi connectivity index (χ3n) is 0.599. The highest BCUT2D eigenvalue weighted by atomic mass is 14.9. The van der Waals surface area contributed by atoms with E-state index in [1.54, 1.807) is 0 Å². The SMILES string of the molecule is CC(C)CN[C]=N. The van der Waals surface area contributed by atoms with Crippen LogP contribution in [0.1, 0.15) is 13.8 Å². The molecule has 0 saturated carbocycles. The minimum absolute atomic E-state index is 0.609. The molecule has 2 heteroatoms. The number of rotatable bonds is 3. The number of nitrogens with one attached hydrogen (secondary N) is 2. The van der Waals surface area contributed by atoms with E-state index >= 15 is 0 Å². The van der Waals surface area contributed by atoms with E-state index in [0.717, 1.165) is 6.54 Å². The van der Waals surface area contributed by atoms with Crippen molar-refractivity contribution in [3.05, 3.63) is 0 Å². The fourth-order valence-electron chi connectivity index (χ4n) is 0.255. The van der Waals surface area contributed by atoms with Crippen LogP contribution in [-0.4, -0.2) is 12.9 Å². The van der Waals surface area contributed by atoms with Crippen LogP contribution in [0.15, 0.2) is 0 Å². The van der Waals surface area contributed by atoms with Crippen LogP contribution in [0, 0.1) is 11.3 Å². The molecule has 0 aromatic heterocycles. The average molecular weight is 99.2 g/mol. The lowest BCUT2D eigenvalue weighted by Crippen LogP contribution is -2.16. The van der Waals surface area contributed by atoms with Crippen molar-refractivity contribution in [2.45, 2.75) is 13.8 Å². The first-order chi connectivity index (χ1) is 3.27. The van der Waals surface area contributed by atoms with Gasteiger partial charge < -0.3 is 5.32 Å². The molecule has 2 N–H and O–H groups in total. The lowest BCUT2D eigenvalue weighted by molar-refractivity contribution is 0.628. The molecule has 0 spiro atoms. The van der Waals surface area contributed by atoms with Gasteiger partial charge in [-0.05, 0) is 5.92 Å². The monoisotopic (exact) mass is 99.1 g/mol. The van der Waals surface area contributed by atoms with Crippen molar-refractivity contribution in [2.24, 2.45) is 5.92 Å². The topological polar surface area (TPSA) is 35.9 Å². The Morgan fingerprint density at radius 2 is 2.29 bits per heavy atom. The van der Waals surface area contributed by atoms with E-state index in [0.29, 0.717) is 5.92 Å². The zero-order chi connectivity index (χ0) is 5.70. The molecule has 41 valence electrons. The zero-order valence-corrected chi connectivity index (χ0v) is 4.78. The maximum absolute atomic E-state index is 6.43. The first-order valence-electron chi connectivity index (χ1n) is 2.42. The van der Waals surface area contributed by atoms with Crippen molar-refractivity contribution in [1.29, 1.82) is 5.41 Å². The van der Waals surface area contributed by atoms with Crippen molar-refractivity contribution in [2.75, 3.05) is 6.54 Å². The molecule has 0 fully saturated rings. The van der Waals surface area contributed by atoms with Crippen LogP contribution >= 0.6 is 0 Å². The molecule has 0 aliphatic heterocycles. The summed E-state index contributed by atoms with van der Waals surface area (Å²) in [6, 6.07) is 0. The summed E-state index contributed by atoms with van der Waals surface area (Å²) in [5.74, 6) is 0.609. The van der Waals surface area contributed by atoms with Crippen molar-refractivity contribution < 1.29 is 0 Å². The third kappa shape index (κ3) is 5.47. The first-order valence-corrected chi connectivity index (χ1v) is 2.42. The predicted octanol–water partition coefficient (Wildman–Crippen LogP) is 0.716. The van der Waals surface area contributed by atoms with Gasteiger partial charge in [0.2, 0.25) is 0 Å². The standard InChI is InChI=1S/C5H11N2/c1-5(2)3-7-4-6/h5H,3H2,1-2H3,(H2,6,7). The van der Waals surface area contributed by atoms with E-state index in [2.05, 4.69) is 25.5 Å². The molecular weight excluding hydrogens is 88.1 g/mol. The Kier molecular flexibility index (Phi) is 3.38. The lowest BCUT2D eigenvalue weighted by atomic mass is 10.2. The summed E-state index contributed by atoms with van der Waals surface area (Å²) in [6.07, 6.45) is 2.10. The minimum atomic E-state index is 0.609. The molecule has 0 rings (SSSR count). The van der Waals surface area contributed by atoms with E-state index in [1.807, 2.05) is 0 Å². The summed E-state index contributed by atoms with van der Waals surface area (Å²) < 4.78 is 0. The van der Waals surface area contributed by atoms with E-state index < -0.39 is 0 Å². The van der Waals surface area contributed by atoms with Crippen LogP contribution < -0.4 is 5.32 Å². The van der Waals surface area contributed by atoms with Gasteiger partial charge >= 0.3 is 0 Å². The van der Waals surface area contributed by atoms with Gasteiger partial charge in [-0.1, -0.05) is 13.8 Å². The Balaban J connectivity index is 2.81. The molecule has 7 heavy (non-hydrogen) atoms. The molecule has 0 heterocycles. The van der Waals surface area contributed by atoms with Gasteiger partial charge in [-0.25, -0.2) is 0 Å². The Labute approximate surface area is 44.4 Å². The molecule has 0 aromatic carbocycles. The second kappa shape index (κ2) is 3.65. The second-order valence-corrected chi connectivity index (χ2v) is 1.90. The largest absolute Gasteiger partial charge is 0.367 e. The minimum Gasteiger partial charge on any atom is -0.367 e. The Morgan fingerprint density at radius 1 is 1.71 bits per heavy atom. The fourth-order valence-corrected chi connectivity index (χ4v) is 0.255. The molecule has 2 nitrogen and oxygen atoms in total. The normalized spacial score (nSPS) is 9.00. The van der Waals surface area contributed by atoms with Crippen molar-refractivity contribution in [1.82, 2.24) is 5.32 Å². The van der Waals surface area contributed by atoms with Crippen molar-refractivity contribution >= 4 is 6.34 Å². The number of hydrogen-bond donors (Lipinski definition) is 2. The van der Waals surface area contributed by atoms with Crippen LogP contribution in [0.5, 0.6) is 0 Å². The Morgan fingerprint density at radius 3 is 2.43 bits per heavy atom. The second-order valence-electron chi connectivity index (χ2n) is 1.90. The molecular formula is C5H11N2. The Bertz CT molecular complexity index is 50.0. The smallest absolute Gasteiger partial charge is 0.161 e. The van der Waals surface area contributed by atoms with Gasteiger partial charge in [0, 0.05) is 6.54 Å². The first kappa shape index (κ1) is 6.47. The van der Waals surface area contributed by atoms with Gasteiger partial charge in [-0.15, -0.1) is 0 Å². The molecule has 0 atom stereocenters. The number of hydrogen-bond acceptors (Lipinski definition) is 1. The van der Waals surface area contributed by atoms with Gasteiger partial charge in [0.25, 0.3) is 0 Å². The molecule has 0 aromatic rings. The highest BCUT2D eigenvalue weighted by molar-refractivity contribution is 5.49. The Hall–Kier alpha value is -0.530. The zero-order valence-electron chi connectivity index (χ0n) is 4.78. The van der Waals surface area contributed by atoms with Crippen LogP contribution in [0.25, 0.3) is 0 Å². The molecule has 0 saturated heterocycles. The van der Waals surface area contributed by atoms with Crippen LogP contribution in [0.4, 0.5) is 0 Å². The van der Waals surface area contributed by atoms with E-state index in [9.17, 15) is 0 Å². The third-order valence-corrected chi connectivity index (χ3v) is 0.599. The maximum atomic E-state index is 6.43. The molecule has 0 amide bonds. The fraction of sp³-hybridized carbons (Fsp3) is 0.800. The molecule has 0 bridgehead atoms. The van der Waals surface area contributed by atoms with Crippen LogP contribution in [0.3, 0.4) is 0 Å². The van der Waals surface area contributed by atoms with E-state index in [1.165, 1.54) is 0 Å². The lowest BCUT2D eigenvalue weighted by Gasteiger charge is -1.99. The highest BCUT2D eigenvalue weighted by Crippen LogP contribution is 1.84. The summed E-state index contributed by atoms with van der Waals surface area (Å²) in [4.78, 5) is 0. The summed E-state index contributed by atoms with van der Waals surface area (Å²) in [5.41, 5.74) is 0. The molecule has 0 unspecified atom stereocenters. The summed E-state index contributed by atoms with van der Waals surface area (Å²) in [6.45, 7) is 5.03. The van der Waals surface area contributed by atoms with E-state index in [-0.39, 0.29) is 0 Å². The van der Waals surface area contributed by atoms with Crippen LogP contribution in [-0.2, 0) is 0 Å². The molecule has 1 radical (unpaired) electrons. The van der Waals surface area contributed by atoms with Gasteiger partial charge in [0.1, 0.15) is 0 Å². The maximum Gasteiger partial charge on any atom is 0.161 e. The summed E-state index contributed by atoms with van der Waals surface area (Å²) in [5, 5.41) is 9.10. The van der Waals surface area contributed by atoms with Gasteiger partial charge in [-0.3, -0.25) is 5.41 Å². The summed E-state index contributed by atoms with van der Waals surface area (Å²) in [7, 11) is 0.